The van der Waals surface area contributed by atoms with Crippen molar-refractivity contribution in [1.29, 1.82) is 0 Å². The van der Waals surface area contributed by atoms with Crippen molar-refractivity contribution in [3.63, 3.8) is 0 Å². The standard InChI is InChI=1S/C19H37N3O3S/c1-6-12-26(24,25)21-10-8-19(9-11-21)20-17(13-15(3)4)18(23)22(19)14-16(5)7-2/h15-17,20H,6-14H2,1-5H3/t16-,17+/m0/s1. The van der Waals surface area contributed by atoms with Gasteiger partial charge < -0.3 is 4.90 Å². The van der Waals surface area contributed by atoms with Crippen LogP contribution in [0.4, 0.5) is 0 Å². The van der Waals surface area contributed by atoms with E-state index in [0.717, 1.165) is 19.4 Å². The molecule has 2 atom stereocenters. The van der Waals surface area contributed by atoms with Crippen LogP contribution in [0.25, 0.3) is 0 Å². The van der Waals surface area contributed by atoms with Gasteiger partial charge in [0, 0.05) is 19.6 Å². The highest BCUT2D eigenvalue weighted by atomic mass is 32.2. The molecule has 2 rings (SSSR count). The topological polar surface area (TPSA) is 69.7 Å². The number of sulfonamides is 1. The molecular formula is C19H37N3O3S. The first kappa shape index (κ1) is 21.6. The molecule has 0 aliphatic carbocycles. The van der Waals surface area contributed by atoms with Crippen LogP contribution in [0.5, 0.6) is 0 Å². The van der Waals surface area contributed by atoms with Crippen LogP contribution in [0.15, 0.2) is 0 Å². The second-order valence-corrected chi connectivity index (χ2v) is 10.6. The van der Waals surface area contributed by atoms with E-state index in [9.17, 15) is 13.2 Å². The van der Waals surface area contributed by atoms with E-state index in [1.807, 2.05) is 11.8 Å². The molecule has 1 spiro atoms. The third-order valence-electron chi connectivity index (χ3n) is 5.83. The van der Waals surface area contributed by atoms with Gasteiger partial charge in [-0.15, -0.1) is 0 Å². The van der Waals surface area contributed by atoms with Crippen molar-refractivity contribution in [2.24, 2.45) is 11.8 Å². The molecule has 0 aromatic heterocycles. The minimum atomic E-state index is -3.17. The number of rotatable bonds is 8. The minimum absolute atomic E-state index is 0.141. The van der Waals surface area contributed by atoms with Gasteiger partial charge in [-0.05, 0) is 37.5 Å². The summed E-state index contributed by atoms with van der Waals surface area (Å²) in [5.74, 6) is 1.29. The molecule has 2 saturated heterocycles. The van der Waals surface area contributed by atoms with Gasteiger partial charge in [0.2, 0.25) is 15.9 Å². The molecule has 0 bridgehead atoms. The monoisotopic (exact) mass is 387 g/mol. The molecule has 0 aromatic carbocycles. The maximum absolute atomic E-state index is 13.1. The smallest absolute Gasteiger partial charge is 0.241 e. The molecular weight excluding hydrogens is 350 g/mol. The van der Waals surface area contributed by atoms with E-state index < -0.39 is 10.0 Å². The summed E-state index contributed by atoms with van der Waals surface area (Å²) in [4.78, 5) is 15.1. The van der Waals surface area contributed by atoms with E-state index in [1.54, 1.807) is 4.31 Å². The predicted octanol–water partition coefficient (Wildman–Crippen LogP) is 2.41. The Morgan fingerprint density at radius 3 is 2.31 bits per heavy atom. The van der Waals surface area contributed by atoms with Crippen molar-refractivity contribution >= 4 is 15.9 Å². The Labute approximate surface area is 159 Å². The fourth-order valence-corrected chi connectivity index (χ4v) is 5.65. The van der Waals surface area contributed by atoms with Gasteiger partial charge in [0.25, 0.3) is 0 Å². The van der Waals surface area contributed by atoms with Gasteiger partial charge in [0.1, 0.15) is 0 Å². The summed E-state index contributed by atoms with van der Waals surface area (Å²) in [6.45, 7) is 12.2. The zero-order chi connectivity index (χ0) is 19.5. The van der Waals surface area contributed by atoms with Crippen LogP contribution >= 0.6 is 0 Å². The Kier molecular flexibility index (Phi) is 7.13. The van der Waals surface area contributed by atoms with Crippen molar-refractivity contribution in [3.8, 4) is 0 Å². The molecule has 1 amide bonds. The van der Waals surface area contributed by atoms with E-state index in [4.69, 9.17) is 0 Å². The van der Waals surface area contributed by atoms with Crippen molar-refractivity contribution in [1.82, 2.24) is 14.5 Å². The zero-order valence-corrected chi connectivity index (χ0v) is 17.9. The van der Waals surface area contributed by atoms with Crippen molar-refractivity contribution in [3.05, 3.63) is 0 Å². The van der Waals surface area contributed by atoms with Crippen LogP contribution in [-0.4, -0.2) is 60.6 Å². The number of nitrogens with one attached hydrogen (secondary N) is 1. The van der Waals surface area contributed by atoms with Gasteiger partial charge in [-0.3, -0.25) is 10.1 Å². The number of hydrogen-bond donors (Lipinski definition) is 1. The van der Waals surface area contributed by atoms with Gasteiger partial charge in [0.05, 0.1) is 17.5 Å². The average Bonchev–Trinajstić information content (AvgIpc) is 2.80. The van der Waals surface area contributed by atoms with Crippen LogP contribution in [-0.2, 0) is 14.8 Å². The van der Waals surface area contributed by atoms with Crippen LogP contribution in [0.3, 0.4) is 0 Å². The summed E-state index contributed by atoms with van der Waals surface area (Å²) in [5, 5.41) is 3.63. The molecule has 0 unspecified atom stereocenters. The molecule has 152 valence electrons. The molecule has 6 nitrogen and oxygen atoms in total. The van der Waals surface area contributed by atoms with Crippen LogP contribution < -0.4 is 5.32 Å². The van der Waals surface area contributed by atoms with Gasteiger partial charge in [-0.1, -0.05) is 41.0 Å². The van der Waals surface area contributed by atoms with Gasteiger partial charge in [-0.25, -0.2) is 12.7 Å². The van der Waals surface area contributed by atoms with Crippen molar-refractivity contribution in [2.75, 3.05) is 25.4 Å². The first-order valence-electron chi connectivity index (χ1n) is 10.2. The highest BCUT2D eigenvalue weighted by Gasteiger charge is 2.52. The third-order valence-corrected chi connectivity index (χ3v) is 7.90. The fraction of sp³-hybridized carbons (Fsp3) is 0.947. The minimum Gasteiger partial charge on any atom is -0.323 e. The van der Waals surface area contributed by atoms with Crippen molar-refractivity contribution < 1.29 is 13.2 Å². The maximum atomic E-state index is 13.1. The SMILES string of the molecule is CCCS(=O)(=O)N1CCC2(CC1)N[C@H](CC(C)C)C(=O)N2C[C@@H](C)CC. The fourth-order valence-electron chi connectivity index (χ4n) is 4.14. The average molecular weight is 388 g/mol. The van der Waals surface area contributed by atoms with Gasteiger partial charge in [-0.2, -0.15) is 0 Å². The van der Waals surface area contributed by atoms with Crippen LogP contribution in [0.2, 0.25) is 0 Å². The lowest BCUT2D eigenvalue weighted by Crippen LogP contribution is -2.60. The summed E-state index contributed by atoms with van der Waals surface area (Å²) in [5.41, 5.74) is -0.377. The molecule has 0 saturated carbocycles. The second-order valence-electron chi connectivity index (χ2n) is 8.54. The van der Waals surface area contributed by atoms with E-state index >= 15 is 0 Å². The first-order valence-corrected chi connectivity index (χ1v) is 11.8. The molecule has 2 heterocycles. The summed E-state index contributed by atoms with van der Waals surface area (Å²) < 4.78 is 26.4. The Morgan fingerprint density at radius 1 is 1.19 bits per heavy atom. The molecule has 2 aliphatic heterocycles. The van der Waals surface area contributed by atoms with Gasteiger partial charge >= 0.3 is 0 Å². The summed E-state index contributed by atoms with van der Waals surface area (Å²) in [6, 6.07) is -0.141. The number of amides is 1. The maximum Gasteiger partial charge on any atom is 0.241 e. The molecule has 26 heavy (non-hydrogen) atoms. The number of nitrogens with zero attached hydrogens (tertiary/aromatic N) is 2. The predicted molar refractivity (Wildman–Crippen MR) is 105 cm³/mol. The quantitative estimate of drug-likeness (QED) is 0.694. The highest BCUT2D eigenvalue weighted by Crippen LogP contribution is 2.35. The molecule has 2 fully saturated rings. The molecule has 0 radical (unpaired) electrons. The summed E-state index contributed by atoms with van der Waals surface area (Å²) >= 11 is 0. The number of carbonyl (C=O) groups excluding carboxylic acids is 1. The lowest BCUT2D eigenvalue weighted by atomic mass is 9.95. The van der Waals surface area contributed by atoms with E-state index in [0.29, 0.717) is 44.2 Å². The molecule has 1 N–H and O–H groups in total. The number of hydrogen-bond acceptors (Lipinski definition) is 4. The van der Waals surface area contributed by atoms with Gasteiger partial charge in [0.15, 0.2) is 0 Å². The highest BCUT2D eigenvalue weighted by molar-refractivity contribution is 7.89. The van der Waals surface area contributed by atoms with Crippen LogP contribution in [0, 0.1) is 11.8 Å². The summed E-state index contributed by atoms with van der Waals surface area (Å²) in [7, 11) is -3.17. The lowest BCUT2D eigenvalue weighted by Gasteiger charge is -2.45. The third kappa shape index (κ3) is 4.60. The van der Waals surface area contributed by atoms with E-state index in [-0.39, 0.29) is 23.4 Å². The number of piperidine rings is 1. The Balaban J connectivity index is 2.17. The van der Waals surface area contributed by atoms with Crippen LogP contribution in [0.1, 0.15) is 66.7 Å². The Bertz CT molecular complexity index is 583. The Hall–Kier alpha value is -0.660. The Morgan fingerprint density at radius 2 is 1.81 bits per heavy atom. The number of carbonyl (C=O) groups is 1. The summed E-state index contributed by atoms with van der Waals surface area (Å²) in [6.07, 6.45) is 3.85. The largest absolute Gasteiger partial charge is 0.323 e. The molecule has 2 aliphatic rings. The lowest BCUT2D eigenvalue weighted by molar-refractivity contribution is -0.134. The normalized spacial score (nSPS) is 25.4. The first-order chi connectivity index (χ1) is 12.1. The van der Waals surface area contributed by atoms with E-state index in [1.165, 1.54) is 0 Å². The zero-order valence-electron chi connectivity index (χ0n) is 17.1. The second kappa shape index (κ2) is 8.57. The van der Waals surface area contributed by atoms with Crippen molar-refractivity contribution in [2.45, 2.75) is 78.4 Å². The molecule has 7 heteroatoms. The molecule has 0 aromatic rings. The van der Waals surface area contributed by atoms with E-state index in [2.05, 4.69) is 33.0 Å².